The summed E-state index contributed by atoms with van der Waals surface area (Å²) in [4.78, 5) is 24.1. The van der Waals surface area contributed by atoms with Crippen molar-refractivity contribution in [1.82, 2.24) is 10.8 Å². The lowest BCUT2D eigenvalue weighted by Crippen LogP contribution is -2.51. The normalized spacial score (nSPS) is 13.1. The molecule has 2 atom stereocenters. The highest BCUT2D eigenvalue weighted by Crippen LogP contribution is 2.25. The summed E-state index contributed by atoms with van der Waals surface area (Å²) >= 11 is 0. The maximum absolute atomic E-state index is 12.5. The third-order valence-electron chi connectivity index (χ3n) is 3.88. The van der Waals surface area contributed by atoms with Crippen molar-refractivity contribution < 1.29 is 42.5 Å². The minimum atomic E-state index is -4.80. The lowest BCUT2D eigenvalue weighted by Gasteiger charge is -2.20. The van der Waals surface area contributed by atoms with Gasteiger partial charge in [-0.15, -0.1) is 13.2 Å². The van der Waals surface area contributed by atoms with Crippen molar-refractivity contribution in [2.75, 3.05) is 0 Å². The molecule has 2 rings (SSSR count). The van der Waals surface area contributed by atoms with Crippen LogP contribution in [0.25, 0.3) is 0 Å². The summed E-state index contributed by atoms with van der Waals surface area (Å²) in [7, 11) is 0. The van der Waals surface area contributed by atoms with Gasteiger partial charge in [-0.05, 0) is 37.3 Å². The number of hydroxylamine groups is 1. The molecule has 0 spiro atoms. The lowest BCUT2D eigenvalue weighted by molar-refractivity contribution is -0.274. The molecular weight excluding hydrogens is 409 g/mol. The zero-order chi connectivity index (χ0) is 22.3. The molecule has 0 unspecified atom stereocenters. The Kier molecular flexibility index (Phi) is 7.61. The molecule has 11 heteroatoms. The number of carbonyl (C=O) groups is 2. The highest BCUT2D eigenvalue weighted by molar-refractivity contribution is 5.98. The van der Waals surface area contributed by atoms with E-state index in [1.807, 2.05) is 0 Å². The maximum atomic E-state index is 12.5. The van der Waals surface area contributed by atoms with Crippen molar-refractivity contribution in [3.05, 3.63) is 59.7 Å². The van der Waals surface area contributed by atoms with Crippen LogP contribution in [0.3, 0.4) is 0 Å². The number of ether oxygens (including phenoxy) is 2. The van der Waals surface area contributed by atoms with Gasteiger partial charge in [-0.25, -0.2) is 5.48 Å². The Bertz CT molecular complexity index is 871. The molecule has 2 aromatic carbocycles. The van der Waals surface area contributed by atoms with Gasteiger partial charge in [-0.2, -0.15) is 0 Å². The fourth-order valence-corrected chi connectivity index (χ4v) is 2.46. The first-order valence-corrected chi connectivity index (χ1v) is 8.60. The second-order valence-corrected chi connectivity index (χ2v) is 6.13. The number of benzene rings is 2. The molecule has 2 amide bonds. The number of hydrogen-bond donors (Lipinski definition) is 4. The Morgan fingerprint density at radius 2 is 1.67 bits per heavy atom. The summed E-state index contributed by atoms with van der Waals surface area (Å²) in [5, 5.41) is 20.7. The van der Waals surface area contributed by atoms with Crippen molar-refractivity contribution in [2.45, 2.75) is 32.0 Å². The Morgan fingerprint density at radius 3 is 2.23 bits per heavy atom. The molecule has 0 aromatic heterocycles. The predicted octanol–water partition coefficient (Wildman–Crippen LogP) is 2.15. The van der Waals surface area contributed by atoms with E-state index in [9.17, 15) is 27.9 Å². The summed E-state index contributed by atoms with van der Waals surface area (Å²) in [5.41, 5.74) is 1.92. The standard InChI is InChI=1S/C19H19F3N2O6/c1-11(25)16(18(27)24-28)23-17(26)15-5-3-2-4-12(15)10-29-13-6-8-14(9-7-13)30-19(20,21)22/h2-9,11,16,25,28H,10H2,1H3,(H,23,26)(H,24,27)/t11-,16+/m1/s1. The Morgan fingerprint density at radius 1 is 1.07 bits per heavy atom. The first kappa shape index (κ1) is 23.0. The molecule has 0 fully saturated rings. The van der Waals surface area contributed by atoms with E-state index in [-0.39, 0.29) is 17.9 Å². The van der Waals surface area contributed by atoms with Gasteiger partial charge in [0.1, 0.15) is 24.1 Å². The monoisotopic (exact) mass is 428 g/mol. The number of rotatable bonds is 8. The third-order valence-corrected chi connectivity index (χ3v) is 3.88. The largest absolute Gasteiger partial charge is 0.573 e. The van der Waals surface area contributed by atoms with Gasteiger partial charge in [-0.1, -0.05) is 18.2 Å². The average molecular weight is 428 g/mol. The van der Waals surface area contributed by atoms with Gasteiger partial charge in [-0.3, -0.25) is 14.8 Å². The van der Waals surface area contributed by atoms with Gasteiger partial charge in [0.25, 0.3) is 11.8 Å². The van der Waals surface area contributed by atoms with Crippen LogP contribution in [0.1, 0.15) is 22.8 Å². The average Bonchev–Trinajstić information content (AvgIpc) is 2.69. The summed E-state index contributed by atoms with van der Waals surface area (Å²) in [6.45, 7) is 1.16. The number of amides is 2. The van der Waals surface area contributed by atoms with Crippen LogP contribution in [0.15, 0.2) is 48.5 Å². The van der Waals surface area contributed by atoms with Gasteiger partial charge in [0.15, 0.2) is 0 Å². The number of nitrogens with one attached hydrogen (secondary N) is 2. The number of hydrogen-bond acceptors (Lipinski definition) is 6. The quantitative estimate of drug-likeness (QED) is 0.378. The molecule has 30 heavy (non-hydrogen) atoms. The maximum Gasteiger partial charge on any atom is 0.573 e. The first-order valence-electron chi connectivity index (χ1n) is 8.60. The molecule has 2 aromatic rings. The van der Waals surface area contributed by atoms with Crippen molar-refractivity contribution in [3.63, 3.8) is 0 Å². The molecule has 0 bridgehead atoms. The molecule has 0 aliphatic carbocycles. The first-order chi connectivity index (χ1) is 14.1. The van der Waals surface area contributed by atoms with Crippen LogP contribution < -0.4 is 20.3 Å². The molecule has 0 aliphatic rings. The predicted molar refractivity (Wildman–Crippen MR) is 96.8 cm³/mol. The summed E-state index contributed by atoms with van der Waals surface area (Å²) < 4.78 is 45.9. The zero-order valence-electron chi connectivity index (χ0n) is 15.6. The van der Waals surface area contributed by atoms with Crippen LogP contribution in [0.5, 0.6) is 11.5 Å². The van der Waals surface area contributed by atoms with E-state index in [1.54, 1.807) is 18.2 Å². The molecule has 162 valence electrons. The van der Waals surface area contributed by atoms with Crippen LogP contribution in [0.4, 0.5) is 13.2 Å². The van der Waals surface area contributed by atoms with Gasteiger partial charge in [0, 0.05) is 11.1 Å². The van der Waals surface area contributed by atoms with Crippen molar-refractivity contribution >= 4 is 11.8 Å². The number of aliphatic hydroxyl groups is 1. The van der Waals surface area contributed by atoms with E-state index in [0.717, 1.165) is 12.1 Å². The number of alkyl halides is 3. The van der Waals surface area contributed by atoms with E-state index in [4.69, 9.17) is 9.94 Å². The highest BCUT2D eigenvalue weighted by Gasteiger charge is 2.31. The molecule has 0 radical (unpaired) electrons. The lowest BCUT2D eigenvalue weighted by atomic mass is 10.1. The zero-order valence-corrected chi connectivity index (χ0v) is 15.6. The van der Waals surface area contributed by atoms with Crippen LogP contribution in [-0.2, 0) is 11.4 Å². The number of aliphatic hydroxyl groups excluding tert-OH is 1. The second kappa shape index (κ2) is 9.94. The van der Waals surface area contributed by atoms with Crippen LogP contribution in [0, 0.1) is 0 Å². The van der Waals surface area contributed by atoms with Crippen LogP contribution >= 0.6 is 0 Å². The van der Waals surface area contributed by atoms with Crippen molar-refractivity contribution in [3.8, 4) is 11.5 Å². The van der Waals surface area contributed by atoms with Gasteiger partial charge in [0.05, 0.1) is 6.10 Å². The van der Waals surface area contributed by atoms with Crippen molar-refractivity contribution in [2.24, 2.45) is 0 Å². The molecule has 0 heterocycles. The molecule has 0 aliphatic heterocycles. The van der Waals surface area contributed by atoms with Crippen LogP contribution in [0.2, 0.25) is 0 Å². The van der Waals surface area contributed by atoms with E-state index < -0.39 is 36.1 Å². The fourth-order valence-electron chi connectivity index (χ4n) is 2.46. The second-order valence-electron chi connectivity index (χ2n) is 6.13. The van der Waals surface area contributed by atoms with Gasteiger partial charge < -0.3 is 19.9 Å². The van der Waals surface area contributed by atoms with Crippen molar-refractivity contribution in [1.29, 1.82) is 0 Å². The SMILES string of the molecule is C[C@@H](O)[C@H](NC(=O)c1ccccc1COc1ccc(OC(F)(F)F)cc1)C(=O)NO. The highest BCUT2D eigenvalue weighted by atomic mass is 19.4. The van der Waals surface area contributed by atoms with E-state index in [0.29, 0.717) is 5.56 Å². The Hall–Kier alpha value is -3.31. The molecule has 4 N–H and O–H groups in total. The Labute approximate surface area is 169 Å². The van der Waals surface area contributed by atoms with E-state index in [1.165, 1.54) is 30.6 Å². The molecular formula is C19H19F3N2O6. The van der Waals surface area contributed by atoms with E-state index in [2.05, 4.69) is 10.1 Å². The fraction of sp³-hybridized carbons (Fsp3) is 0.263. The third kappa shape index (κ3) is 6.64. The van der Waals surface area contributed by atoms with Gasteiger partial charge in [0.2, 0.25) is 0 Å². The Balaban J connectivity index is 2.08. The molecule has 0 saturated heterocycles. The smallest absolute Gasteiger partial charge is 0.489 e. The summed E-state index contributed by atoms with van der Waals surface area (Å²) in [6.07, 6.45) is -6.08. The summed E-state index contributed by atoms with van der Waals surface area (Å²) in [5.74, 6) is -1.85. The van der Waals surface area contributed by atoms with Gasteiger partial charge >= 0.3 is 6.36 Å². The number of carbonyl (C=O) groups excluding carboxylic acids is 2. The minimum Gasteiger partial charge on any atom is -0.489 e. The minimum absolute atomic E-state index is 0.103. The molecule has 8 nitrogen and oxygen atoms in total. The summed E-state index contributed by atoms with van der Waals surface area (Å²) in [6, 6.07) is 9.59. The van der Waals surface area contributed by atoms with Crippen LogP contribution in [-0.4, -0.2) is 40.6 Å². The molecule has 0 saturated carbocycles. The van der Waals surface area contributed by atoms with E-state index >= 15 is 0 Å². The topological polar surface area (TPSA) is 117 Å². The number of halogens is 3.